The molecule has 6 heteroatoms. The molecule has 1 aliphatic heterocycles. The number of carbonyl (C=O) groups is 1. The summed E-state index contributed by atoms with van der Waals surface area (Å²) >= 11 is 0. The maximum Gasteiger partial charge on any atom is 0.312 e. The molecule has 0 aromatic rings. The van der Waals surface area contributed by atoms with Crippen LogP contribution < -0.4 is 0 Å². The third-order valence-corrected chi connectivity index (χ3v) is 15.6. The minimum atomic E-state index is -1.97. The first-order chi connectivity index (χ1) is 10.6. The number of esters is 1. The van der Waals surface area contributed by atoms with Gasteiger partial charge in [0.25, 0.3) is 0 Å². The van der Waals surface area contributed by atoms with Crippen LogP contribution in [0.25, 0.3) is 0 Å². The van der Waals surface area contributed by atoms with Crippen LogP contribution in [0.1, 0.15) is 48.0 Å². The summed E-state index contributed by atoms with van der Waals surface area (Å²) in [5.74, 6) is -0.252. The number of ether oxygens (including phenoxy) is 1. The van der Waals surface area contributed by atoms with E-state index in [2.05, 4.69) is 67.7 Å². The molecule has 0 amide bonds. The molecule has 4 atom stereocenters. The Labute approximate surface area is 149 Å². The minimum absolute atomic E-state index is 0.0983. The van der Waals surface area contributed by atoms with Crippen molar-refractivity contribution < 1.29 is 18.4 Å². The van der Waals surface area contributed by atoms with E-state index in [0.717, 1.165) is 6.42 Å². The van der Waals surface area contributed by atoms with Gasteiger partial charge < -0.3 is 13.6 Å². The molecule has 2 bridgehead atoms. The van der Waals surface area contributed by atoms with Crippen LogP contribution in [-0.4, -0.2) is 40.9 Å². The maximum absolute atomic E-state index is 12.2. The van der Waals surface area contributed by atoms with Crippen molar-refractivity contribution in [3.63, 3.8) is 0 Å². The fourth-order valence-electron chi connectivity index (χ4n) is 2.87. The summed E-state index contributed by atoms with van der Waals surface area (Å²) in [6.07, 6.45) is 0.359. The summed E-state index contributed by atoms with van der Waals surface area (Å²) in [5, 5.41) is 0.237. The SMILES string of the molecule is CC(C)(C)[Si](C)(C)O[C@@H]1[C@@H](O[Si](C)(C)C(C)(C)C)[C@H]2C[C@@H]1OC2=O. The van der Waals surface area contributed by atoms with Gasteiger partial charge in [0.1, 0.15) is 12.2 Å². The van der Waals surface area contributed by atoms with E-state index >= 15 is 0 Å². The van der Waals surface area contributed by atoms with Crippen molar-refractivity contribution in [1.82, 2.24) is 0 Å². The second kappa shape index (κ2) is 5.93. The summed E-state index contributed by atoms with van der Waals surface area (Å²) < 4.78 is 18.9. The topological polar surface area (TPSA) is 44.8 Å². The second-order valence-corrected chi connectivity index (χ2v) is 20.0. The second-order valence-electron chi connectivity index (χ2n) is 10.5. The van der Waals surface area contributed by atoms with E-state index in [1.165, 1.54) is 0 Å². The first-order valence-corrected chi connectivity index (χ1v) is 14.9. The average Bonchev–Trinajstić information content (AvgIpc) is 2.84. The molecule has 2 rings (SSSR count). The first-order valence-electron chi connectivity index (χ1n) is 9.13. The largest absolute Gasteiger partial charge is 0.459 e. The quantitative estimate of drug-likeness (QED) is 0.529. The monoisotopic (exact) mass is 372 g/mol. The van der Waals surface area contributed by atoms with Crippen LogP contribution in [0, 0.1) is 5.92 Å². The van der Waals surface area contributed by atoms with Crippen LogP contribution in [0.4, 0.5) is 0 Å². The lowest BCUT2D eigenvalue weighted by atomic mass is 10.1. The summed E-state index contributed by atoms with van der Waals surface area (Å²) in [4.78, 5) is 12.2. The zero-order valence-electron chi connectivity index (χ0n) is 17.1. The molecule has 0 N–H and O–H groups in total. The van der Waals surface area contributed by atoms with Gasteiger partial charge >= 0.3 is 5.97 Å². The molecule has 24 heavy (non-hydrogen) atoms. The van der Waals surface area contributed by atoms with E-state index in [0.29, 0.717) is 0 Å². The molecule has 1 aliphatic carbocycles. The van der Waals surface area contributed by atoms with Gasteiger partial charge in [-0.2, -0.15) is 0 Å². The van der Waals surface area contributed by atoms with Crippen molar-refractivity contribution in [2.24, 2.45) is 5.92 Å². The molecule has 0 radical (unpaired) electrons. The van der Waals surface area contributed by atoms with Gasteiger partial charge in [0.2, 0.25) is 0 Å². The van der Waals surface area contributed by atoms with Gasteiger partial charge in [-0.05, 0) is 36.3 Å². The summed E-state index contributed by atoms with van der Waals surface area (Å²) in [6.45, 7) is 22.4. The van der Waals surface area contributed by atoms with Gasteiger partial charge in [0.05, 0.1) is 12.0 Å². The van der Waals surface area contributed by atoms with Gasteiger partial charge in [0.15, 0.2) is 16.6 Å². The van der Waals surface area contributed by atoms with Crippen molar-refractivity contribution in [3.05, 3.63) is 0 Å². The van der Waals surface area contributed by atoms with Gasteiger partial charge in [0, 0.05) is 6.42 Å². The number of carbonyl (C=O) groups excluding carboxylic acids is 1. The van der Waals surface area contributed by atoms with Gasteiger partial charge in [-0.15, -0.1) is 0 Å². The third kappa shape index (κ3) is 3.52. The standard InChI is InChI=1S/C18H36O4Si2/c1-17(2,3)23(7,8)21-14-12-11-13(20-16(12)19)15(14)22-24(9,10)18(4,5)6/h12-15H,11H2,1-10H3/t12-,13+,14+,15+/m1/s1. The summed E-state index contributed by atoms with van der Waals surface area (Å²) in [6, 6.07) is 0. The van der Waals surface area contributed by atoms with Crippen LogP contribution in [0.5, 0.6) is 0 Å². The van der Waals surface area contributed by atoms with Crippen LogP contribution >= 0.6 is 0 Å². The lowest BCUT2D eigenvalue weighted by Crippen LogP contribution is -2.56. The van der Waals surface area contributed by atoms with Gasteiger partial charge in [-0.1, -0.05) is 41.5 Å². The number of hydrogen-bond acceptors (Lipinski definition) is 4. The predicted molar refractivity (Wildman–Crippen MR) is 102 cm³/mol. The smallest absolute Gasteiger partial charge is 0.312 e. The molecule has 2 fully saturated rings. The Kier molecular flexibility index (Phi) is 4.97. The Morgan fingerprint density at radius 3 is 1.71 bits per heavy atom. The Morgan fingerprint density at radius 1 is 0.875 bits per heavy atom. The maximum atomic E-state index is 12.2. The van der Waals surface area contributed by atoms with E-state index in [-0.39, 0.29) is 40.3 Å². The normalized spacial score (nSPS) is 31.5. The lowest BCUT2D eigenvalue weighted by Gasteiger charge is -2.45. The molecule has 2 aliphatic rings. The molecule has 1 saturated heterocycles. The highest BCUT2D eigenvalue weighted by Gasteiger charge is 2.60. The minimum Gasteiger partial charge on any atom is -0.459 e. The van der Waals surface area contributed by atoms with Crippen LogP contribution in [-0.2, 0) is 18.4 Å². The van der Waals surface area contributed by atoms with Gasteiger partial charge in [-0.25, -0.2) is 0 Å². The number of fused-ring (bicyclic) bond motifs is 2. The van der Waals surface area contributed by atoms with E-state index in [9.17, 15) is 4.79 Å². The Morgan fingerprint density at radius 2 is 1.29 bits per heavy atom. The zero-order valence-corrected chi connectivity index (χ0v) is 19.1. The number of hydrogen-bond donors (Lipinski definition) is 0. The third-order valence-electron chi connectivity index (χ3n) is 6.62. The molecular weight excluding hydrogens is 336 g/mol. The highest BCUT2D eigenvalue weighted by molar-refractivity contribution is 6.74. The Bertz CT molecular complexity index is 502. The van der Waals surface area contributed by atoms with Crippen LogP contribution in [0.15, 0.2) is 0 Å². The highest BCUT2D eigenvalue weighted by Crippen LogP contribution is 2.48. The van der Waals surface area contributed by atoms with Gasteiger partial charge in [-0.3, -0.25) is 4.79 Å². The molecule has 1 saturated carbocycles. The molecule has 4 nitrogen and oxygen atoms in total. The van der Waals surface area contributed by atoms with Crippen molar-refractivity contribution >= 4 is 22.6 Å². The molecule has 140 valence electrons. The fraction of sp³-hybridized carbons (Fsp3) is 0.944. The Balaban J connectivity index is 2.25. The molecule has 0 aromatic heterocycles. The fourth-order valence-corrected chi connectivity index (χ4v) is 5.52. The van der Waals surface area contributed by atoms with Crippen LogP contribution in [0.2, 0.25) is 36.3 Å². The van der Waals surface area contributed by atoms with Crippen molar-refractivity contribution in [2.75, 3.05) is 0 Å². The highest BCUT2D eigenvalue weighted by atomic mass is 28.4. The Hall–Kier alpha value is -0.176. The average molecular weight is 373 g/mol. The van der Waals surface area contributed by atoms with Crippen molar-refractivity contribution in [1.29, 1.82) is 0 Å². The molecule has 0 spiro atoms. The first kappa shape index (κ1) is 20.1. The van der Waals surface area contributed by atoms with Crippen LogP contribution in [0.3, 0.4) is 0 Å². The lowest BCUT2D eigenvalue weighted by molar-refractivity contribution is -0.162. The molecule has 0 unspecified atom stereocenters. The zero-order chi connectivity index (χ0) is 18.7. The van der Waals surface area contributed by atoms with Crippen molar-refractivity contribution in [2.45, 2.75) is 103 Å². The number of rotatable bonds is 4. The molecule has 0 aromatic carbocycles. The summed E-state index contributed by atoms with van der Waals surface area (Å²) in [5.41, 5.74) is 0. The predicted octanol–water partition coefficient (Wildman–Crippen LogP) is 4.71. The molecule has 1 heterocycles. The van der Waals surface area contributed by atoms with E-state index in [4.69, 9.17) is 13.6 Å². The van der Waals surface area contributed by atoms with Crippen molar-refractivity contribution in [3.8, 4) is 0 Å². The van der Waals surface area contributed by atoms with E-state index < -0.39 is 16.6 Å². The van der Waals surface area contributed by atoms with E-state index in [1.807, 2.05) is 0 Å². The summed E-state index contributed by atoms with van der Waals surface area (Å²) in [7, 11) is -3.92. The molecular formula is C18H36O4Si2. The van der Waals surface area contributed by atoms with E-state index in [1.54, 1.807) is 0 Å².